The van der Waals surface area contributed by atoms with E-state index in [1.165, 1.54) is 22.3 Å². The highest BCUT2D eigenvalue weighted by molar-refractivity contribution is 5.50. The first-order chi connectivity index (χ1) is 10.8. The Morgan fingerprint density at radius 2 is 1.68 bits per heavy atom. The number of fused-ring (bicyclic) bond motifs is 4. The minimum Gasteiger partial charge on any atom is -0.493 e. The van der Waals surface area contributed by atoms with Crippen molar-refractivity contribution < 1.29 is 9.47 Å². The fraction of sp³-hybridized carbons (Fsp3) is 0.368. The molecule has 0 aromatic heterocycles. The highest BCUT2D eigenvalue weighted by atomic mass is 16.5. The van der Waals surface area contributed by atoms with E-state index < -0.39 is 0 Å². The van der Waals surface area contributed by atoms with Crippen LogP contribution in [-0.4, -0.2) is 25.7 Å². The highest BCUT2D eigenvalue weighted by Crippen LogP contribution is 2.42. The molecule has 0 N–H and O–H groups in total. The zero-order chi connectivity index (χ0) is 15.1. The monoisotopic (exact) mass is 295 g/mol. The van der Waals surface area contributed by atoms with Gasteiger partial charge in [-0.15, -0.1) is 0 Å². The van der Waals surface area contributed by atoms with Crippen LogP contribution in [-0.2, 0) is 19.4 Å². The average molecular weight is 295 g/mol. The molecule has 4 rings (SSSR count). The molecule has 0 saturated heterocycles. The Morgan fingerprint density at radius 3 is 2.45 bits per heavy atom. The fourth-order valence-corrected chi connectivity index (χ4v) is 3.85. The molecule has 0 spiro atoms. The number of hydrogen-bond acceptors (Lipinski definition) is 3. The number of nitrogens with zero attached hydrogens (tertiary/aromatic N) is 1. The van der Waals surface area contributed by atoms with Gasteiger partial charge in [0.25, 0.3) is 0 Å². The van der Waals surface area contributed by atoms with E-state index >= 15 is 0 Å². The molecule has 2 aromatic rings. The van der Waals surface area contributed by atoms with E-state index in [0.29, 0.717) is 6.04 Å². The summed E-state index contributed by atoms with van der Waals surface area (Å²) in [7, 11) is 3.41. The summed E-state index contributed by atoms with van der Waals surface area (Å²) in [5, 5.41) is 0. The van der Waals surface area contributed by atoms with E-state index in [1.54, 1.807) is 14.2 Å². The first kappa shape index (κ1) is 13.6. The van der Waals surface area contributed by atoms with Gasteiger partial charge >= 0.3 is 0 Å². The molecule has 3 heteroatoms. The predicted molar refractivity (Wildman–Crippen MR) is 86.5 cm³/mol. The van der Waals surface area contributed by atoms with Gasteiger partial charge in [-0.1, -0.05) is 24.3 Å². The molecule has 2 aliphatic rings. The molecule has 0 radical (unpaired) electrons. The second-order valence-electron chi connectivity index (χ2n) is 6.12. The molecule has 2 heterocycles. The largest absolute Gasteiger partial charge is 0.493 e. The molecule has 0 bridgehead atoms. The van der Waals surface area contributed by atoms with Crippen molar-refractivity contribution in [3.8, 4) is 11.5 Å². The Kier molecular flexibility index (Phi) is 3.30. The lowest BCUT2D eigenvalue weighted by molar-refractivity contribution is 0.160. The zero-order valence-corrected chi connectivity index (χ0v) is 13.1. The summed E-state index contributed by atoms with van der Waals surface area (Å²) in [6.07, 6.45) is 2.16. The van der Waals surface area contributed by atoms with E-state index in [9.17, 15) is 0 Å². The number of rotatable bonds is 2. The Labute approximate surface area is 131 Å². The van der Waals surface area contributed by atoms with Crippen molar-refractivity contribution in [1.82, 2.24) is 4.90 Å². The van der Waals surface area contributed by atoms with Gasteiger partial charge < -0.3 is 9.47 Å². The van der Waals surface area contributed by atoms with Gasteiger partial charge in [0.2, 0.25) is 0 Å². The van der Waals surface area contributed by atoms with E-state index in [-0.39, 0.29) is 0 Å². The third-order valence-corrected chi connectivity index (χ3v) is 5.02. The lowest BCUT2D eigenvalue weighted by atomic mass is 9.84. The lowest BCUT2D eigenvalue weighted by Gasteiger charge is -2.41. The molecule has 0 saturated carbocycles. The smallest absolute Gasteiger partial charge is 0.161 e. The van der Waals surface area contributed by atoms with Crippen molar-refractivity contribution in [3.05, 3.63) is 58.7 Å². The van der Waals surface area contributed by atoms with Crippen molar-refractivity contribution in [3.63, 3.8) is 0 Å². The molecule has 0 amide bonds. The second kappa shape index (κ2) is 5.33. The van der Waals surface area contributed by atoms with Crippen LogP contribution in [0.3, 0.4) is 0 Å². The molecule has 22 heavy (non-hydrogen) atoms. The maximum Gasteiger partial charge on any atom is 0.161 e. The zero-order valence-electron chi connectivity index (χ0n) is 13.1. The van der Waals surface area contributed by atoms with E-state index in [4.69, 9.17) is 9.47 Å². The van der Waals surface area contributed by atoms with Gasteiger partial charge in [0.05, 0.1) is 14.2 Å². The summed E-state index contributed by atoms with van der Waals surface area (Å²) < 4.78 is 11.0. The second-order valence-corrected chi connectivity index (χ2v) is 6.12. The van der Waals surface area contributed by atoms with Crippen molar-refractivity contribution in [2.75, 3.05) is 20.8 Å². The molecule has 0 aliphatic carbocycles. The van der Waals surface area contributed by atoms with Gasteiger partial charge in [-0.05, 0) is 47.2 Å². The molecule has 3 nitrogen and oxygen atoms in total. The summed E-state index contributed by atoms with van der Waals surface area (Å²) in [6, 6.07) is 13.6. The topological polar surface area (TPSA) is 21.7 Å². The Morgan fingerprint density at radius 1 is 0.955 bits per heavy atom. The van der Waals surface area contributed by atoms with Crippen LogP contribution < -0.4 is 9.47 Å². The molecular weight excluding hydrogens is 274 g/mol. The third-order valence-electron chi connectivity index (χ3n) is 5.02. The summed E-state index contributed by atoms with van der Waals surface area (Å²) in [6.45, 7) is 2.16. The predicted octanol–water partition coefficient (Wildman–Crippen LogP) is 3.36. The number of methoxy groups -OCH3 is 2. The van der Waals surface area contributed by atoms with Crippen LogP contribution in [0.4, 0.5) is 0 Å². The van der Waals surface area contributed by atoms with Crippen LogP contribution in [0.5, 0.6) is 11.5 Å². The molecule has 2 aromatic carbocycles. The summed E-state index contributed by atoms with van der Waals surface area (Å²) >= 11 is 0. The Bertz CT molecular complexity index is 711. The van der Waals surface area contributed by atoms with Gasteiger partial charge in [-0.2, -0.15) is 0 Å². The van der Waals surface area contributed by atoms with E-state index in [0.717, 1.165) is 37.4 Å². The average Bonchev–Trinajstić information content (AvgIpc) is 2.58. The molecule has 1 atom stereocenters. The van der Waals surface area contributed by atoms with Crippen LogP contribution >= 0.6 is 0 Å². The van der Waals surface area contributed by atoms with Crippen LogP contribution in [0.1, 0.15) is 28.3 Å². The van der Waals surface area contributed by atoms with Crippen LogP contribution in [0, 0.1) is 0 Å². The molecule has 1 unspecified atom stereocenters. The highest BCUT2D eigenvalue weighted by Gasteiger charge is 2.32. The lowest BCUT2D eigenvalue weighted by Crippen LogP contribution is -2.39. The molecular formula is C19H21NO2. The normalized spacial score (nSPS) is 19.8. The molecule has 114 valence electrons. The maximum absolute atomic E-state index is 5.51. The first-order valence-corrected chi connectivity index (χ1v) is 7.86. The van der Waals surface area contributed by atoms with Gasteiger partial charge in [0.15, 0.2) is 11.5 Å². The first-order valence-electron chi connectivity index (χ1n) is 7.86. The maximum atomic E-state index is 5.51. The Hall–Kier alpha value is -2.00. The fourth-order valence-electron chi connectivity index (χ4n) is 3.85. The number of benzene rings is 2. The summed E-state index contributed by atoms with van der Waals surface area (Å²) in [5.74, 6) is 1.67. The van der Waals surface area contributed by atoms with Crippen LogP contribution in [0.2, 0.25) is 0 Å². The minimum atomic E-state index is 0.457. The number of ether oxygens (including phenoxy) is 2. The summed E-state index contributed by atoms with van der Waals surface area (Å²) in [4.78, 5) is 2.59. The van der Waals surface area contributed by atoms with Crippen molar-refractivity contribution in [2.24, 2.45) is 0 Å². The summed E-state index contributed by atoms with van der Waals surface area (Å²) in [5.41, 5.74) is 5.76. The van der Waals surface area contributed by atoms with Crippen molar-refractivity contribution >= 4 is 0 Å². The van der Waals surface area contributed by atoms with Crippen molar-refractivity contribution in [2.45, 2.75) is 25.4 Å². The van der Waals surface area contributed by atoms with Crippen molar-refractivity contribution in [1.29, 1.82) is 0 Å². The quantitative estimate of drug-likeness (QED) is 0.848. The SMILES string of the molecule is COc1cc2c(cc1OC)C1Cc3ccccc3CN1CC2. The van der Waals surface area contributed by atoms with Crippen LogP contribution in [0.15, 0.2) is 36.4 Å². The standard InChI is InChI=1S/C19H21NO2/c1-21-18-10-14-7-8-20-12-15-6-4-3-5-13(15)9-17(20)16(14)11-19(18)22-2/h3-6,10-11,17H,7-9,12H2,1-2H3. The van der Waals surface area contributed by atoms with Crippen LogP contribution in [0.25, 0.3) is 0 Å². The van der Waals surface area contributed by atoms with E-state index in [1.807, 2.05) is 0 Å². The minimum absolute atomic E-state index is 0.457. The van der Waals surface area contributed by atoms with Gasteiger partial charge in [0.1, 0.15) is 0 Å². The van der Waals surface area contributed by atoms with Gasteiger partial charge in [0, 0.05) is 19.1 Å². The van der Waals surface area contributed by atoms with Gasteiger partial charge in [-0.25, -0.2) is 0 Å². The Balaban J connectivity index is 1.77. The molecule has 2 aliphatic heterocycles. The molecule has 0 fully saturated rings. The third kappa shape index (κ3) is 2.08. The van der Waals surface area contributed by atoms with Gasteiger partial charge in [-0.3, -0.25) is 4.90 Å². The van der Waals surface area contributed by atoms with E-state index in [2.05, 4.69) is 41.3 Å². The number of hydrogen-bond donors (Lipinski definition) is 0.